The van der Waals surface area contributed by atoms with E-state index in [1.54, 1.807) is 38.1 Å². The van der Waals surface area contributed by atoms with E-state index in [-0.39, 0.29) is 11.3 Å². The first-order valence-corrected chi connectivity index (χ1v) is 9.92. The van der Waals surface area contributed by atoms with Gasteiger partial charge in [0, 0.05) is 17.3 Å². The smallest absolute Gasteiger partial charge is 0.272 e. The average molecular weight is 387 g/mol. The number of halogens is 1. The highest BCUT2D eigenvalue weighted by Crippen LogP contribution is 2.24. The SMILES string of the molecule is CCS(=O)(=O)Nc1cccc(-c2cc(=O)n(-c3ccc(F)cc3)nc2C)c1. The molecule has 3 rings (SSSR count). The van der Waals surface area contributed by atoms with Gasteiger partial charge in [-0.1, -0.05) is 12.1 Å². The number of nitrogens with zero attached hydrogens (tertiary/aromatic N) is 2. The average Bonchev–Trinajstić information content (AvgIpc) is 2.64. The van der Waals surface area contributed by atoms with E-state index in [4.69, 9.17) is 0 Å². The van der Waals surface area contributed by atoms with Gasteiger partial charge in [0.05, 0.1) is 17.1 Å². The van der Waals surface area contributed by atoms with E-state index < -0.39 is 15.8 Å². The number of sulfonamides is 1. The molecule has 0 aliphatic heterocycles. The van der Waals surface area contributed by atoms with Crippen molar-refractivity contribution in [2.45, 2.75) is 13.8 Å². The lowest BCUT2D eigenvalue weighted by Gasteiger charge is -2.11. The summed E-state index contributed by atoms with van der Waals surface area (Å²) in [5, 5.41) is 4.31. The maximum absolute atomic E-state index is 13.1. The zero-order valence-electron chi connectivity index (χ0n) is 14.8. The molecular weight excluding hydrogens is 369 g/mol. The molecule has 140 valence electrons. The second-order valence-corrected chi connectivity index (χ2v) is 7.97. The molecule has 0 aliphatic carbocycles. The third-order valence-corrected chi connectivity index (χ3v) is 5.32. The van der Waals surface area contributed by atoms with Crippen LogP contribution in [0.2, 0.25) is 0 Å². The van der Waals surface area contributed by atoms with Crippen LogP contribution in [0.3, 0.4) is 0 Å². The van der Waals surface area contributed by atoms with E-state index in [1.807, 2.05) is 0 Å². The molecule has 1 N–H and O–H groups in total. The molecule has 0 atom stereocenters. The monoisotopic (exact) mass is 387 g/mol. The Morgan fingerprint density at radius 2 is 1.81 bits per heavy atom. The minimum absolute atomic E-state index is 0.0362. The van der Waals surface area contributed by atoms with Crippen LogP contribution in [-0.4, -0.2) is 24.0 Å². The number of rotatable bonds is 5. The van der Waals surface area contributed by atoms with E-state index in [1.165, 1.54) is 35.0 Å². The number of aryl methyl sites for hydroxylation is 1. The normalized spacial score (nSPS) is 11.4. The molecule has 1 aromatic heterocycles. The Labute approximate surface area is 156 Å². The molecule has 2 aromatic carbocycles. The van der Waals surface area contributed by atoms with Crippen LogP contribution >= 0.6 is 0 Å². The summed E-state index contributed by atoms with van der Waals surface area (Å²) >= 11 is 0. The van der Waals surface area contributed by atoms with Crippen molar-refractivity contribution in [1.82, 2.24) is 9.78 Å². The standard InChI is InChI=1S/C19H18FN3O3S/c1-3-27(25,26)22-16-6-4-5-14(11-16)18-12-19(24)23(21-13(18)2)17-9-7-15(20)8-10-17/h4-12,22H,3H2,1-2H3. The van der Waals surface area contributed by atoms with Gasteiger partial charge in [-0.25, -0.2) is 12.8 Å². The van der Waals surface area contributed by atoms with E-state index >= 15 is 0 Å². The van der Waals surface area contributed by atoms with Crippen molar-refractivity contribution >= 4 is 15.7 Å². The fraction of sp³-hybridized carbons (Fsp3) is 0.158. The van der Waals surface area contributed by atoms with Crippen LogP contribution in [0.5, 0.6) is 0 Å². The summed E-state index contributed by atoms with van der Waals surface area (Å²) in [6.07, 6.45) is 0. The Kier molecular flexibility index (Phi) is 5.09. The predicted octanol–water partition coefficient (Wildman–Crippen LogP) is 3.11. The summed E-state index contributed by atoms with van der Waals surface area (Å²) in [5.74, 6) is -0.433. The third kappa shape index (κ3) is 4.22. The van der Waals surface area contributed by atoms with E-state index in [0.717, 1.165) is 0 Å². The minimum atomic E-state index is -3.40. The first-order chi connectivity index (χ1) is 12.8. The van der Waals surface area contributed by atoms with Gasteiger partial charge in [-0.3, -0.25) is 9.52 Å². The lowest BCUT2D eigenvalue weighted by Crippen LogP contribution is -2.21. The van der Waals surface area contributed by atoms with Crippen molar-refractivity contribution in [2.75, 3.05) is 10.5 Å². The second kappa shape index (κ2) is 7.32. The Morgan fingerprint density at radius 3 is 2.48 bits per heavy atom. The molecule has 0 saturated carbocycles. The van der Waals surface area contributed by atoms with Gasteiger partial charge in [0.25, 0.3) is 5.56 Å². The lowest BCUT2D eigenvalue weighted by atomic mass is 10.0. The summed E-state index contributed by atoms with van der Waals surface area (Å²) in [6.45, 7) is 3.30. The molecule has 6 nitrogen and oxygen atoms in total. The molecule has 0 saturated heterocycles. The minimum Gasteiger partial charge on any atom is -0.284 e. The van der Waals surface area contributed by atoms with Crippen LogP contribution in [-0.2, 0) is 10.0 Å². The lowest BCUT2D eigenvalue weighted by molar-refractivity contribution is 0.602. The molecular formula is C19H18FN3O3S. The van der Waals surface area contributed by atoms with Gasteiger partial charge < -0.3 is 0 Å². The molecule has 0 unspecified atom stereocenters. The maximum atomic E-state index is 13.1. The number of aromatic nitrogens is 2. The molecule has 0 bridgehead atoms. The Bertz CT molecular complexity index is 1140. The van der Waals surface area contributed by atoms with Crippen molar-refractivity contribution in [3.8, 4) is 16.8 Å². The van der Waals surface area contributed by atoms with Crippen LogP contribution in [0.1, 0.15) is 12.6 Å². The molecule has 0 aliphatic rings. The molecule has 0 spiro atoms. The quantitative estimate of drug-likeness (QED) is 0.729. The molecule has 3 aromatic rings. The van der Waals surface area contributed by atoms with E-state index in [2.05, 4.69) is 9.82 Å². The van der Waals surface area contributed by atoms with Crippen molar-refractivity contribution in [3.63, 3.8) is 0 Å². The zero-order valence-corrected chi connectivity index (χ0v) is 15.6. The Morgan fingerprint density at radius 1 is 1.11 bits per heavy atom. The van der Waals surface area contributed by atoms with Gasteiger partial charge in [0.2, 0.25) is 10.0 Å². The van der Waals surface area contributed by atoms with E-state index in [0.29, 0.717) is 28.2 Å². The number of hydrogen-bond donors (Lipinski definition) is 1. The van der Waals surface area contributed by atoms with Crippen LogP contribution in [0.25, 0.3) is 16.8 Å². The molecule has 27 heavy (non-hydrogen) atoms. The topological polar surface area (TPSA) is 81.1 Å². The van der Waals surface area contributed by atoms with Gasteiger partial charge >= 0.3 is 0 Å². The first-order valence-electron chi connectivity index (χ1n) is 8.27. The summed E-state index contributed by atoms with van der Waals surface area (Å²) in [5.41, 5.74) is 2.34. The van der Waals surface area contributed by atoms with Crippen LogP contribution in [0.4, 0.5) is 10.1 Å². The van der Waals surface area contributed by atoms with Crippen molar-refractivity contribution in [1.29, 1.82) is 0 Å². The van der Waals surface area contributed by atoms with Gasteiger partial charge in [0.1, 0.15) is 5.82 Å². The van der Waals surface area contributed by atoms with Gasteiger partial charge in [-0.05, 0) is 55.8 Å². The third-order valence-electron chi connectivity index (χ3n) is 4.01. The van der Waals surface area contributed by atoms with Gasteiger partial charge in [0.15, 0.2) is 0 Å². The van der Waals surface area contributed by atoms with Gasteiger partial charge in [-0.15, -0.1) is 0 Å². The van der Waals surface area contributed by atoms with Crippen LogP contribution in [0, 0.1) is 12.7 Å². The number of nitrogens with one attached hydrogen (secondary N) is 1. The molecule has 0 fully saturated rings. The molecule has 0 radical (unpaired) electrons. The summed E-state index contributed by atoms with van der Waals surface area (Å²) in [7, 11) is -3.40. The van der Waals surface area contributed by atoms with Crippen molar-refractivity contribution in [3.05, 3.63) is 76.5 Å². The second-order valence-electron chi connectivity index (χ2n) is 5.96. The Hall–Kier alpha value is -3.00. The number of anilines is 1. The molecule has 1 heterocycles. The summed E-state index contributed by atoms with van der Waals surface area (Å²) in [6, 6.07) is 13.7. The number of benzene rings is 2. The van der Waals surface area contributed by atoms with Crippen LogP contribution < -0.4 is 10.3 Å². The van der Waals surface area contributed by atoms with Crippen molar-refractivity contribution < 1.29 is 12.8 Å². The highest BCUT2D eigenvalue weighted by Gasteiger charge is 2.12. The number of hydrogen-bond acceptors (Lipinski definition) is 4. The van der Waals surface area contributed by atoms with E-state index in [9.17, 15) is 17.6 Å². The van der Waals surface area contributed by atoms with Gasteiger partial charge in [-0.2, -0.15) is 9.78 Å². The first kappa shape index (κ1) is 18.8. The fourth-order valence-corrected chi connectivity index (χ4v) is 3.23. The summed E-state index contributed by atoms with van der Waals surface area (Å²) in [4.78, 5) is 12.5. The fourth-order valence-electron chi connectivity index (χ4n) is 2.60. The molecule has 0 amide bonds. The highest BCUT2D eigenvalue weighted by molar-refractivity contribution is 7.92. The predicted molar refractivity (Wildman–Crippen MR) is 103 cm³/mol. The largest absolute Gasteiger partial charge is 0.284 e. The maximum Gasteiger partial charge on any atom is 0.272 e. The highest BCUT2D eigenvalue weighted by atomic mass is 32.2. The van der Waals surface area contributed by atoms with Crippen LogP contribution in [0.15, 0.2) is 59.4 Å². The molecule has 8 heteroatoms. The van der Waals surface area contributed by atoms with Crippen molar-refractivity contribution in [2.24, 2.45) is 0 Å². The Balaban J connectivity index is 2.02. The zero-order chi connectivity index (χ0) is 19.6. The summed E-state index contributed by atoms with van der Waals surface area (Å²) < 4.78 is 40.3.